The molecule has 1 aromatic carbocycles. The second-order valence-electron chi connectivity index (χ2n) is 4.01. The third-order valence-electron chi connectivity index (χ3n) is 2.63. The Kier molecular flexibility index (Phi) is 6.69. The molecule has 5 heteroatoms. The zero-order chi connectivity index (χ0) is 13.4. The van der Waals surface area contributed by atoms with Crippen molar-refractivity contribution >= 4 is 13.7 Å². The number of aryl methyl sites for hydroxylation is 1. The maximum absolute atomic E-state index is 11.3. The van der Waals surface area contributed by atoms with Crippen LogP contribution in [0.2, 0.25) is 0 Å². The van der Waals surface area contributed by atoms with Gasteiger partial charge in [0.25, 0.3) is 0 Å². The van der Waals surface area contributed by atoms with Crippen molar-refractivity contribution in [3.63, 3.8) is 0 Å². The molecule has 18 heavy (non-hydrogen) atoms. The Labute approximate surface area is 109 Å². The van der Waals surface area contributed by atoms with Crippen LogP contribution in [0, 0.1) is 0 Å². The molecule has 1 atom stereocenters. The topological polar surface area (TPSA) is 61.5 Å². The maximum Gasteiger partial charge on any atom is 0.508 e. The van der Waals surface area contributed by atoms with Gasteiger partial charge in [0.1, 0.15) is 5.75 Å². The lowest BCUT2D eigenvalue weighted by Crippen LogP contribution is -1.95. The van der Waals surface area contributed by atoms with Crippen molar-refractivity contribution in [1.29, 1.82) is 0 Å². The van der Waals surface area contributed by atoms with Gasteiger partial charge in [0.2, 0.25) is 0 Å². The van der Waals surface area contributed by atoms with E-state index in [1.807, 2.05) is 25.1 Å². The monoisotopic (exact) mass is 270 g/mol. The summed E-state index contributed by atoms with van der Waals surface area (Å²) < 4.78 is 21.5. The molecule has 1 rings (SSSR count). The molecule has 0 aliphatic carbocycles. The van der Waals surface area contributed by atoms with Crippen LogP contribution in [0.4, 0.5) is 5.69 Å². The van der Waals surface area contributed by atoms with E-state index in [9.17, 15) is 4.57 Å². The Morgan fingerprint density at radius 3 is 2.78 bits per heavy atom. The van der Waals surface area contributed by atoms with E-state index in [4.69, 9.17) is 15.0 Å². The minimum Gasteiger partial charge on any atom is -0.495 e. The van der Waals surface area contributed by atoms with Crippen molar-refractivity contribution in [1.82, 2.24) is 0 Å². The molecule has 4 nitrogen and oxygen atoms in total. The number of methoxy groups -OCH3 is 1. The highest BCUT2D eigenvalue weighted by Gasteiger charge is 2.14. The van der Waals surface area contributed by atoms with Gasteiger partial charge in [-0.2, -0.15) is 0 Å². The summed E-state index contributed by atoms with van der Waals surface area (Å²) in [5.41, 5.74) is 7.59. The molecule has 0 heterocycles. The lowest BCUT2D eigenvalue weighted by molar-refractivity contribution is 0.349. The normalized spacial score (nSPS) is 11.3. The van der Waals surface area contributed by atoms with Crippen LogP contribution in [-0.4, -0.2) is 19.9 Å². The van der Waals surface area contributed by atoms with Crippen molar-refractivity contribution in [3.05, 3.63) is 23.8 Å². The molecule has 1 aromatic rings. The number of rotatable bonds is 8. The largest absolute Gasteiger partial charge is 0.508 e. The summed E-state index contributed by atoms with van der Waals surface area (Å²) in [5.74, 6) is 0.716. The average Bonchev–Trinajstić information content (AvgIpc) is 2.37. The van der Waals surface area contributed by atoms with Crippen molar-refractivity contribution in [3.8, 4) is 5.75 Å². The van der Waals surface area contributed by atoms with Crippen LogP contribution in [-0.2, 0) is 15.5 Å². The highest BCUT2D eigenvalue weighted by atomic mass is 31.1. The number of benzene rings is 1. The molecule has 0 bridgehead atoms. The Bertz CT molecular complexity index is 396. The Hall–Kier alpha value is -1.12. The second kappa shape index (κ2) is 8.06. The maximum atomic E-state index is 11.3. The number of ether oxygens (including phenoxy) is 1. The lowest BCUT2D eigenvalue weighted by atomic mass is 10.1. The van der Waals surface area contributed by atoms with Crippen molar-refractivity contribution in [2.45, 2.75) is 26.2 Å². The third kappa shape index (κ3) is 5.03. The second-order valence-corrected chi connectivity index (χ2v) is 5.38. The minimum absolute atomic E-state index is 0.518. The van der Waals surface area contributed by atoms with E-state index in [0.29, 0.717) is 24.2 Å². The number of nitrogen functional groups attached to an aromatic ring is 1. The summed E-state index contributed by atoms with van der Waals surface area (Å²) in [5, 5.41) is 0. The highest BCUT2D eigenvalue weighted by Crippen LogP contribution is 2.25. The van der Waals surface area contributed by atoms with Crippen molar-refractivity contribution in [2.75, 3.05) is 25.6 Å². The van der Waals surface area contributed by atoms with E-state index in [1.165, 1.54) is 5.56 Å². The smallest absolute Gasteiger partial charge is 0.495 e. The van der Waals surface area contributed by atoms with Gasteiger partial charge in [0.05, 0.1) is 19.4 Å². The van der Waals surface area contributed by atoms with Gasteiger partial charge in [-0.25, -0.2) is 0 Å². The van der Waals surface area contributed by atoms with E-state index in [2.05, 4.69) is 0 Å². The van der Waals surface area contributed by atoms with E-state index >= 15 is 0 Å². The first kappa shape index (κ1) is 14.9. The lowest BCUT2D eigenvalue weighted by Gasteiger charge is -2.06. The minimum atomic E-state index is -1.47. The zero-order valence-electron chi connectivity index (χ0n) is 11.0. The van der Waals surface area contributed by atoms with E-state index < -0.39 is 8.03 Å². The fourth-order valence-corrected chi connectivity index (χ4v) is 2.59. The number of anilines is 1. The summed E-state index contributed by atoms with van der Waals surface area (Å²) in [7, 11) is 0.143. The average molecular weight is 270 g/mol. The summed E-state index contributed by atoms with van der Waals surface area (Å²) in [6, 6.07) is 5.81. The molecule has 2 N–H and O–H groups in total. The van der Waals surface area contributed by atoms with Crippen LogP contribution in [0.3, 0.4) is 0 Å². The van der Waals surface area contributed by atoms with Crippen molar-refractivity contribution < 1.29 is 13.8 Å². The predicted molar refractivity (Wildman–Crippen MR) is 74.4 cm³/mol. The molecule has 0 fully saturated rings. The molecule has 0 aliphatic heterocycles. The van der Waals surface area contributed by atoms with Gasteiger partial charge >= 0.3 is 8.03 Å². The van der Waals surface area contributed by atoms with E-state index in [0.717, 1.165) is 19.3 Å². The van der Waals surface area contributed by atoms with E-state index in [1.54, 1.807) is 7.11 Å². The SMILES string of the molecule is CCO[P+](=O)CCCCc1ccc(N)c(OC)c1. The van der Waals surface area contributed by atoms with Crippen LogP contribution < -0.4 is 10.5 Å². The molecular weight excluding hydrogens is 249 g/mol. The molecule has 1 unspecified atom stereocenters. The highest BCUT2D eigenvalue weighted by molar-refractivity contribution is 7.39. The first-order chi connectivity index (χ1) is 8.67. The van der Waals surface area contributed by atoms with Crippen molar-refractivity contribution in [2.24, 2.45) is 0 Å². The fourth-order valence-electron chi connectivity index (χ4n) is 1.69. The number of unbranched alkanes of at least 4 members (excludes halogenated alkanes) is 1. The molecule has 0 spiro atoms. The standard InChI is InChI=1S/C13H21NO3P/c1-3-17-18(15)9-5-4-6-11-7-8-12(14)13(10-11)16-2/h7-8,10H,3-6,9,14H2,1-2H3/q+1. The summed E-state index contributed by atoms with van der Waals surface area (Å²) in [6.07, 6.45) is 3.46. The van der Waals surface area contributed by atoms with Crippen LogP contribution in [0.1, 0.15) is 25.3 Å². The molecular formula is C13H21NO3P+. The number of hydrogen-bond acceptors (Lipinski definition) is 4. The molecule has 0 aromatic heterocycles. The Morgan fingerprint density at radius 1 is 1.33 bits per heavy atom. The Morgan fingerprint density at radius 2 is 2.11 bits per heavy atom. The summed E-state index contributed by atoms with van der Waals surface area (Å²) in [4.78, 5) is 0. The van der Waals surface area contributed by atoms with Gasteiger partial charge in [0.15, 0.2) is 6.16 Å². The van der Waals surface area contributed by atoms with Crippen LogP contribution in [0.15, 0.2) is 18.2 Å². The van der Waals surface area contributed by atoms with Gasteiger partial charge < -0.3 is 10.5 Å². The van der Waals surface area contributed by atoms with Gasteiger partial charge in [-0.3, -0.25) is 0 Å². The Balaban J connectivity index is 2.33. The first-order valence-electron chi connectivity index (χ1n) is 6.17. The van der Waals surface area contributed by atoms with Gasteiger partial charge in [-0.15, -0.1) is 4.52 Å². The quantitative estimate of drug-likeness (QED) is 0.447. The first-order valence-corrected chi connectivity index (χ1v) is 7.53. The van der Waals surface area contributed by atoms with Gasteiger partial charge in [-0.05, 0) is 48.4 Å². The molecule has 100 valence electrons. The van der Waals surface area contributed by atoms with Crippen LogP contribution in [0.5, 0.6) is 5.75 Å². The van der Waals surface area contributed by atoms with Crippen LogP contribution >= 0.6 is 8.03 Å². The number of nitrogens with two attached hydrogens (primary N) is 1. The van der Waals surface area contributed by atoms with Gasteiger partial charge in [-0.1, -0.05) is 6.07 Å². The fraction of sp³-hybridized carbons (Fsp3) is 0.538. The molecule has 0 saturated heterocycles. The predicted octanol–water partition coefficient (Wildman–Crippen LogP) is 3.38. The van der Waals surface area contributed by atoms with Gasteiger partial charge in [0, 0.05) is 0 Å². The molecule has 0 aliphatic rings. The summed E-state index contributed by atoms with van der Waals surface area (Å²) >= 11 is 0. The molecule has 0 amide bonds. The van der Waals surface area contributed by atoms with Crippen LogP contribution in [0.25, 0.3) is 0 Å². The third-order valence-corrected chi connectivity index (χ3v) is 3.85. The molecule has 0 saturated carbocycles. The zero-order valence-corrected chi connectivity index (χ0v) is 11.9. The number of hydrogen-bond donors (Lipinski definition) is 1. The molecule has 0 radical (unpaired) electrons. The summed E-state index contributed by atoms with van der Waals surface area (Å²) in [6.45, 7) is 2.37. The van der Waals surface area contributed by atoms with E-state index in [-0.39, 0.29) is 0 Å².